The minimum absolute atomic E-state index is 0.0175. The predicted molar refractivity (Wildman–Crippen MR) is 109 cm³/mol. The molecule has 0 aliphatic carbocycles. The van der Waals surface area contributed by atoms with Crippen LogP contribution in [-0.4, -0.2) is 31.4 Å². The molecule has 0 unspecified atom stereocenters. The molecule has 0 radical (unpaired) electrons. The van der Waals surface area contributed by atoms with Crippen LogP contribution in [0.25, 0.3) is 11.0 Å². The summed E-state index contributed by atoms with van der Waals surface area (Å²) in [7, 11) is 1.54. The Bertz CT molecular complexity index is 1070. The average Bonchev–Trinajstić information content (AvgIpc) is 3.08. The molecule has 2 aromatic carbocycles. The van der Waals surface area contributed by atoms with Crippen LogP contribution in [0, 0.1) is 13.8 Å². The van der Waals surface area contributed by atoms with Crippen molar-refractivity contribution in [3.05, 3.63) is 64.9 Å². The standard InChI is InChI=1S/C22H22N2O5/c1-13-8-18-16(11-28-19(18)9-14(13)2)10-21(26)29-12-20(25)24-17-6-4-15(5-7-17)22(27)23-3/h4-9,11H,10,12H2,1-3H3,(H,23,27)(H,24,25). The zero-order chi connectivity index (χ0) is 21.0. The van der Waals surface area contributed by atoms with Crippen molar-refractivity contribution in [2.75, 3.05) is 19.0 Å². The third-order valence-electron chi connectivity index (χ3n) is 4.63. The predicted octanol–water partition coefficient (Wildman–Crippen LogP) is 3.13. The number of rotatable bonds is 6. The van der Waals surface area contributed by atoms with Gasteiger partial charge in [-0.1, -0.05) is 0 Å². The summed E-state index contributed by atoms with van der Waals surface area (Å²) in [4.78, 5) is 35.6. The molecule has 0 aliphatic rings. The number of benzene rings is 2. The SMILES string of the molecule is CNC(=O)c1ccc(NC(=O)COC(=O)Cc2coc3cc(C)c(C)cc23)cc1. The lowest BCUT2D eigenvalue weighted by molar-refractivity contribution is -0.146. The first kappa shape index (κ1) is 20.1. The highest BCUT2D eigenvalue weighted by Gasteiger charge is 2.14. The van der Waals surface area contributed by atoms with Gasteiger partial charge >= 0.3 is 5.97 Å². The number of ether oxygens (including phenoxy) is 1. The van der Waals surface area contributed by atoms with E-state index in [0.717, 1.165) is 22.1 Å². The molecule has 3 rings (SSSR count). The molecule has 0 aliphatic heterocycles. The van der Waals surface area contributed by atoms with E-state index >= 15 is 0 Å². The van der Waals surface area contributed by atoms with Gasteiger partial charge in [-0.25, -0.2) is 0 Å². The Kier molecular flexibility index (Phi) is 5.97. The topological polar surface area (TPSA) is 97.6 Å². The average molecular weight is 394 g/mol. The lowest BCUT2D eigenvalue weighted by Gasteiger charge is -2.07. The van der Waals surface area contributed by atoms with Gasteiger partial charge < -0.3 is 19.8 Å². The van der Waals surface area contributed by atoms with E-state index in [0.29, 0.717) is 16.8 Å². The molecular weight excluding hydrogens is 372 g/mol. The van der Waals surface area contributed by atoms with Crippen molar-refractivity contribution in [1.29, 1.82) is 0 Å². The summed E-state index contributed by atoms with van der Waals surface area (Å²) in [5.74, 6) is -1.19. The Morgan fingerprint density at radius 3 is 2.41 bits per heavy atom. The van der Waals surface area contributed by atoms with Crippen molar-refractivity contribution in [3.8, 4) is 0 Å². The highest BCUT2D eigenvalue weighted by Crippen LogP contribution is 2.25. The van der Waals surface area contributed by atoms with Gasteiger partial charge in [0.2, 0.25) is 0 Å². The Labute approximate surface area is 168 Å². The number of carbonyl (C=O) groups is 3. The minimum atomic E-state index is -0.518. The molecule has 0 atom stereocenters. The number of nitrogens with one attached hydrogen (secondary N) is 2. The van der Waals surface area contributed by atoms with E-state index in [1.54, 1.807) is 37.6 Å². The van der Waals surface area contributed by atoms with E-state index in [1.807, 2.05) is 26.0 Å². The van der Waals surface area contributed by atoms with Gasteiger partial charge in [-0.2, -0.15) is 0 Å². The van der Waals surface area contributed by atoms with Gasteiger partial charge in [0.1, 0.15) is 5.58 Å². The Morgan fingerprint density at radius 1 is 1.03 bits per heavy atom. The van der Waals surface area contributed by atoms with Crippen LogP contribution in [0.3, 0.4) is 0 Å². The zero-order valence-corrected chi connectivity index (χ0v) is 16.5. The fourth-order valence-corrected chi connectivity index (χ4v) is 2.87. The zero-order valence-electron chi connectivity index (χ0n) is 16.5. The number of aryl methyl sites for hydroxylation is 2. The Hall–Kier alpha value is -3.61. The number of carbonyl (C=O) groups excluding carboxylic acids is 3. The molecule has 0 spiro atoms. The van der Waals surface area contributed by atoms with Gasteiger partial charge in [0.05, 0.1) is 12.7 Å². The van der Waals surface area contributed by atoms with Gasteiger partial charge in [0, 0.05) is 29.2 Å². The largest absolute Gasteiger partial charge is 0.464 e. The second-order valence-electron chi connectivity index (χ2n) is 6.74. The van der Waals surface area contributed by atoms with Crippen LogP contribution < -0.4 is 10.6 Å². The number of esters is 1. The summed E-state index contributed by atoms with van der Waals surface area (Å²) in [6.07, 6.45) is 1.56. The molecule has 150 valence electrons. The molecule has 29 heavy (non-hydrogen) atoms. The molecule has 0 fully saturated rings. The molecule has 7 heteroatoms. The maximum absolute atomic E-state index is 12.1. The molecule has 0 saturated carbocycles. The summed E-state index contributed by atoms with van der Waals surface area (Å²) >= 11 is 0. The van der Waals surface area contributed by atoms with Crippen molar-refractivity contribution in [2.24, 2.45) is 0 Å². The van der Waals surface area contributed by atoms with E-state index in [9.17, 15) is 14.4 Å². The molecule has 1 aromatic heterocycles. The Balaban J connectivity index is 1.53. The van der Waals surface area contributed by atoms with Gasteiger partial charge in [0.25, 0.3) is 11.8 Å². The van der Waals surface area contributed by atoms with Crippen LogP contribution in [0.2, 0.25) is 0 Å². The lowest BCUT2D eigenvalue weighted by atomic mass is 10.0. The van der Waals surface area contributed by atoms with E-state index in [-0.39, 0.29) is 12.3 Å². The summed E-state index contributed by atoms with van der Waals surface area (Å²) in [6.45, 7) is 3.59. The number of furan rings is 1. The monoisotopic (exact) mass is 394 g/mol. The first-order chi connectivity index (χ1) is 13.9. The third kappa shape index (κ3) is 4.82. The molecule has 0 bridgehead atoms. The Morgan fingerprint density at radius 2 is 1.72 bits per heavy atom. The van der Waals surface area contributed by atoms with Crippen molar-refractivity contribution in [2.45, 2.75) is 20.3 Å². The first-order valence-electron chi connectivity index (χ1n) is 9.12. The molecule has 2 amide bonds. The normalized spacial score (nSPS) is 10.6. The highest BCUT2D eigenvalue weighted by molar-refractivity contribution is 5.96. The second kappa shape index (κ2) is 8.60. The van der Waals surface area contributed by atoms with Gasteiger partial charge in [-0.15, -0.1) is 0 Å². The number of hydrogen-bond acceptors (Lipinski definition) is 5. The number of hydrogen-bond donors (Lipinski definition) is 2. The fourth-order valence-electron chi connectivity index (χ4n) is 2.87. The summed E-state index contributed by atoms with van der Waals surface area (Å²) in [5, 5.41) is 6.00. The van der Waals surface area contributed by atoms with Crippen LogP contribution in [-0.2, 0) is 20.7 Å². The van der Waals surface area contributed by atoms with Gasteiger partial charge in [-0.05, 0) is 61.4 Å². The van der Waals surface area contributed by atoms with Crippen molar-refractivity contribution < 1.29 is 23.5 Å². The smallest absolute Gasteiger partial charge is 0.310 e. The van der Waals surface area contributed by atoms with Crippen molar-refractivity contribution in [1.82, 2.24) is 5.32 Å². The first-order valence-corrected chi connectivity index (χ1v) is 9.12. The molecule has 0 saturated heterocycles. The van der Waals surface area contributed by atoms with Crippen LogP contribution in [0.5, 0.6) is 0 Å². The number of anilines is 1. The van der Waals surface area contributed by atoms with Gasteiger partial charge in [0.15, 0.2) is 6.61 Å². The summed E-state index contributed by atoms with van der Waals surface area (Å²) < 4.78 is 10.6. The summed E-state index contributed by atoms with van der Waals surface area (Å²) in [6, 6.07) is 10.3. The quantitative estimate of drug-likeness (QED) is 0.626. The van der Waals surface area contributed by atoms with E-state index in [4.69, 9.17) is 9.15 Å². The van der Waals surface area contributed by atoms with Crippen molar-refractivity contribution >= 4 is 34.4 Å². The number of amides is 2. The van der Waals surface area contributed by atoms with Gasteiger partial charge in [-0.3, -0.25) is 14.4 Å². The van der Waals surface area contributed by atoms with Crippen molar-refractivity contribution in [3.63, 3.8) is 0 Å². The third-order valence-corrected chi connectivity index (χ3v) is 4.63. The van der Waals surface area contributed by atoms with E-state index in [2.05, 4.69) is 10.6 Å². The lowest BCUT2D eigenvalue weighted by Crippen LogP contribution is -2.22. The minimum Gasteiger partial charge on any atom is -0.464 e. The molecule has 3 aromatic rings. The van der Waals surface area contributed by atoms with Crippen LogP contribution in [0.1, 0.15) is 27.0 Å². The van der Waals surface area contributed by atoms with Crippen LogP contribution in [0.15, 0.2) is 47.1 Å². The maximum atomic E-state index is 12.1. The van der Waals surface area contributed by atoms with Crippen LogP contribution in [0.4, 0.5) is 5.69 Å². The summed E-state index contributed by atoms with van der Waals surface area (Å²) in [5.41, 5.74) is 4.64. The highest BCUT2D eigenvalue weighted by atomic mass is 16.5. The van der Waals surface area contributed by atoms with Crippen LogP contribution >= 0.6 is 0 Å². The molecule has 2 N–H and O–H groups in total. The maximum Gasteiger partial charge on any atom is 0.310 e. The molecule has 7 nitrogen and oxygen atoms in total. The fraction of sp³-hybridized carbons (Fsp3) is 0.227. The van der Waals surface area contributed by atoms with E-state index in [1.165, 1.54) is 0 Å². The molecule has 1 heterocycles. The molecular formula is C22H22N2O5. The second-order valence-corrected chi connectivity index (χ2v) is 6.74. The number of fused-ring (bicyclic) bond motifs is 1. The van der Waals surface area contributed by atoms with E-state index < -0.39 is 18.5 Å².